The Labute approximate surface area is 169 Å². The number of nitro groups is 1. The van der Waals surface area contributed by atoms with Crippen LogP contribution in [-0.4, -0.2) is 32.9 Å². The highest BCUT2D eigenvalue weighted by Gasteiger charge is 2.25. The average Bonchev–Trinajstić information content (AvgIpc) is 3.10. The Bertz CT molecular complexity index is 1070. The lowest BCUT2D eigenvalue weighted by molar-refractivity contribution is -0.383. The molecule has 0 aliphatic heterocycles. The number of pyridine rings is 1. The van der Waals surface area contributed by atoms with Gasteiger partial charge < -0.3 is 10.1 Å². The summed E-state index contributed by atoms with van der Waals surface area (Å²) in [6.45, 7) is 3.05. The molecular weight excluding hydrogens is 396 g/mol. The minimum absolute atomic E-state index is 0.0248. The highest BCUT2D eigenvalue weighted by atomic mass is 32.1. The maximum absolute atomic E-state index is 12.5. The fourth-order valence-corrected chi connectivity index (χ4v) is 3.35. The Kier molecular flexibility index (Phi) is 5.93. The summed E-state index contributed by atoms with van der Waals surface area (Å²) in [5.74, 6) is -1.38. The zero-order chi connectivity index (χ0) is 21.0. The van der Waals surface area contributed by atoms with Crippen molar-refractivity contribution in [1.82, 2.24) is 9.97 Å². The van der Waals surface area contributed by atoms with Crippen molar-refractivity contribution < 1.29 is 19.2 Å². The molecule has 0 unspecified atom stereocenters. The van der Waals surface area contributed by atoms with E-state index in [1.54, 1.807) is 31.3 Å². The van der Waals surface area contributed by atoms with Gasteiger partial charge in [0.1, 0.15) is 15.6 Å². The average molecular weight is 412 g/mol. The molecule has 1 atom stereocenters. The summed E-state index contributed by atoms with van der Waals surface area (Å²) in [6.07, 6.45) is 0.460. The van der Waals surface area contributed by atoms with Crippen molar-refractivity contribution in [2.24, 2.45) is 0 Å². The molecule has 1 aromatic carbocycles. The third-order valence-electron chi connectivity index (χ3n) is 3.88. The van der Waals surface area contributed by atoms with Crippen LogP contribution in [0.1, 0.15) is 22.3 Å². The lowest BCUT2D eigenvalue weighted by atomic mass is 10.2. The van der Waals surface area contributed by atoms with Gasteiger partial charge in [-0.05, 0) is 32.0 Å². The number of ether oxygens (including phenoxy) is 1. The van der Waals surface area contributed by atoms with Crippen LogP contribution in [0.5, 0.6) is 0 Å². The first-order chi connectivity index (χ1) is 13.9. The topological polar surface area (TPSA) is 124 Å². The number of carbonyl (C=O) groups excluding carboxylic acids is 2. The van der Waals surface area contributed by atoms with Gasteiger partial charge in [0.2, 0.25) is 0 Å². The van der Waals surface area contributed by atoms with Crippen LogP contribution in [0.4, 0.5) is 11.4 Å². The Morgan fingerprint density at radius 2 is 1.93 bits per heavy atom. The molecule has 0 saturated carbocycles. The van der Waals surface area contributed by atoms with E-state index in [4.69, 9.17) is 4.74 Å². The van der Waals surface area contributed by atoms with E-state index < -0.39 is 22.9 Å². The monoisotopic (exact) mass is 412 g/mol. The summed E-state index contributed by atoms with van der Waals surface area (Å²) >= 11 is 1.12. The van der Waals surface area contributed by atoms with Crippen LogP contribution >= 0.6 is 11.3 Å². The summed E-state index contributed by atoms with van der Waals surface area (Å²) < 4.78 is 5.23. The van der Waals surface area contributed by atoms with Gasteiger partial charge in [-0.25, -0.2) is 9.78 Å². The molecule has 0 fully saturated rings. The molecule has 10 heteroatoms. The standard InChI is InChI=1S/C19H16N4O5S/c1-11-16(29-18(21-11)14-8-5-6-10-20-14)19(25)28-12(2)17(24)22-13-7-3-4-9-15(13)23(26)27/h3-10,12H,1-2H3,(H,22,24)/t12-/m0/s1. The van der Waals surface area contributed by atoms with Gasteiger partial charge in [-0.1, -0.05) is 18.2 Å². The molecule has 3 rings (SSSR count). The van der Waals surface area contributed by atoms with E-state index in [1.807, 2.05) is 6.07 Å². The number of benzene rings is 1. The highest BCUT2D eigenvalue weighted by Crippen LogP contribution is 2.27. The third-order valence-corrected chi connectivity index (χ3v) is 5.04. The predicted molar refractivity (Wildman–Crippen MR) is 107 cm³/mol. The maximum Gasteiger partial charge on any atom is 0.351 e. The van der Waals surface area contributed by atoms with Gasteiger partial charge in [0, 0.05) is 12.3 Å². The fraction of sp³-hybridized carbons (Fsp3) is 0.158. The van der Waals surface area contributed by atoms with Gasteiger partial charge in [-0.15, -0.1) is 11.3 Å². The predicted octanol–water partition coefficient (Wildman–Crippen LogP) is 3.61. The molecule has 0 radical (unpaired) electrons. The van der Waals surface area contributed by atoms with Crippen molar-refractivity contribution in [3.63, 3.8) is 0 Å². The second-order valence-corrected chi connectivity index (χ2v) is 6.96. The summed E-state index contributed by atoms with van der Waals surface area (Å²) in [7, 11) is 0. The van der Waals surface area contributed by atoms with E-state index in [9.17, 15) is 19.7 Å². The first-order valence-electron chi connectivity index (χ1n) is 8.51. The maximum atomic E-state index is 12.5. The number of nitrogens with zero attached hydrogens (tertiary/aromatic N) is 3. The SMILES string of the molecule is Cc1nc(-c2ccccn2)sc1C(=O)O[C@@H](C)C(=O)Nc1ccccc1[N+](=O)[O-]. The molecule has 0 aliphatic carbocycles. The summed E-state index contributed by atoms with van der Waals surface area (Å²) in [5, 5.41) is 14.0. The van der Waals surface area contributed by atoms with E-state index in [0.29, 0.717) is 16.4 Å². The number of thiazole rings is 1. The first kappa shape index (κ1) is 20.1. The van der Waals surface area contributed by atoms with Gasteiger partial charge in [-0.2, -0.15) is 0 Å². The minimum Gasteiger partial charge on any atom is -0.448 e. The summed E-state index contributed by atoms with van der Waals surface area (Å²) in [6, 6.07) is 11.1. The van der Waals surface area contributed by atoms with Crippen LogP contribution in [-0.2, 0) is 9.53 Å². The van der Waals surface area contributed by atoms with Crippen LogP contribution in [0.25, 0.3) is 10.7 Å². The van der Waals surface area contributed by atoms with E-state index in [1.165, 1.54) is 25.1 Å². The number of hydrogen-bond acceptors (Lipinski definition) is 8. The van der Waals surface area contributed by atoms with Gasteiger partial charge >= 0.3 is 5.97 Å². The second-order valence-electron chi connectivity index (χ2n) is 5.96. The van der Waals surface area contributed by atoms with Crippen LogP contribution in [0.2, 0.25) is 0 Å². The molecule has 9 nitrogen and oxygen atoms in total. The number of esters is 1. The largest absolute Gasteiger partial charge is 0.448 e. The van der Waals surface area contributed by atoms with Gasteiger partial charge in [0.05, 0.1) is 16.3 Å². The molecule has 2 heterocycles. The number of aryl methyl sites for hydroxylation is 1. The number of amides is 1. The molecule has 2 aromatic heterocycles. The number of carbonyl (C=O) groups is 2. The zero-order valence-electron chi connectivity index (χ0n) is 15.5. The Hall–Kier alpha value is -3.66. The van der Waals surface area contributed by atoms with Gasteiger partial charge in [0.15, 0.2) is 6.10 Å². The number of nitrogens with one attached hydrogen (secondary N) is 1. The molecule has 0 saturated heterocycles. The highest BCUT2D eigenvalue weighted by molar-refractivity contribution is 7.17. The minimum atomic E-state index is -1.16. The number of nitro benzene ring substituents is 1. The molecule has 0 aliphatic rings. The fourth-order valence-electron chi connectivity index (χ4n) is 2.43. The zero-order valence-corrected chi connectivity index (χ0v) is 16.3. The Balaban J connectivity index is 1.70. The molecule has 29 heavy (non-hydrogen) atoms. The number of para-hydroxylation sites is 2. The van der Waals surface area contributed by atoms with Crippen molar-refractivity contribution in [2.45, 2.75) is 20.0 Å². The van der Waals surface area contributed by atoms with Crippen LogP contribution in [0, 0.1) is 17.0 Å². The number of aromatic nitrogens is 2. The molecule has 148 valence electrons. The smallest absolute Gasteiger partial charge is 0.351 e. The Morgan fingerprint density at radius 1 is 1.21 bits per heavy atom. The van der Waals surface area contributed by atoms with Crippen LogP contribution in [0.3, 0.4) is 0 Å². The lowest BCUT2D eigenvalue weighted by Gasteiger charge is -2.13. The molecular formula is C19H16N4O5S. The van der Waals surface area contributed by atoms with Crippen molar-refractivity contribution in [3.05, 3.63) is 69.3 Å². The molecule has 0 spiro atoms. The van der Waals surface area contributed by atoms with Gasteiger partial charge in [0.25, 0.3) is 11.6 Å². The van der Waals surface area contributed by atoms with E-state index in [-0.39, 0.29) is 16.3 Å². The van der Waals surface area contributed by atoms with Gasteiger partial charge in [-0.3, -0.25) is 19.9 Å². The summed E-state index contributed by atoms with van der Waals surface area (Å²) in [4.78, 5) is 44.1. The van der Waals surface area contributed by atoms with Crippen molar-refractivity contribution in [3.8, 4) is 10.7 Å². The van der Waals surface area contributed by atoms with Crippen LogP contribution in [0.15, 0.2) is 48.7 Å². The molecule has 1 N–H and O–H groups in total. The van der Waals surface area contributed by atoms with E-state index in [2.05, 4.69) is 15.3 Å². The van der Waals surface area contributed by atoms with E-state index in [0.717, 1.165) is 11.3 Å². The number of anilines is 1. The quantitative estimate of drug-likeness (QED) is 0.372. The second kappa shape index (κ2) is 8.57. The van der Waals surface area contributed by atoms with Crippen molar-refractivity contribution in [2.75, 3.05) is 5.32 Å². The lowest BCUT2D eigenvalue weighted by Crippen LogP contribution is -2.30. The summed E-state index contributed by atoms with van der Waals surface area (Å²) in [5.41, 5.74) is 0.864. The molecule has 3 aromatic rings. The first-order valence-corrected chi connectivity index (χ1v) is 9.32. The van der Waals surface area contributed by atoms with Crippen molar-refractivity contribution in [1.29, 1.82) is 0 Å². The normalized spacial score (nSPS) is 11.5. The molecule has 1 amide bonds. The van der Waals surface area contributed by atoms with E-state index >= 15 is 0 Å². The number of rotatable bonds is 6. The molecule has 0 bridgehead atoms. The number of hydrogen-bond donors (Lipinski definition) is 1. The van der Waals surface area contributed by atoms with Crippen LogP contribution < -0.4 is 5.32 Å². The Morgan fingerprint density at radius 3 is 2.62 bits per heavy atom. The van der Waals surface area contributed by atoms with Crippen molar-refractivity contribution >= 4 is 34.6 Å². The third kappa shape index (κ3) is 4.61.